The first-order chi connectivity index (χ1) is 14.7. The Morgan fingerprint density at radius 1 is 0.833 bits per heavy atom. The highest BCUT2D eigenvalue weighted by Crippen LogP contribution is 2.49. The molecule has 0 bridgehead atoms. The summed E-state index contributed by atoms with van der Waals surface area (Å²) in [6.07, 6.45) is 1.92. The van der Waals surface area contributed by atoms with E-state index in [2.05, 4.69) is 77.8 Å². The van der Waals surface area contributed by atoms with Crippen LogP contribution in [0, 0.1) is 0 Å². The highest BCUT2D eigenvalue weighted by molar-refractivity contribution is 8.03. The molecule has 148 valence electrons. The molecule has 3 nitrogen and oxygen atoms in total. The molecule has 0 saturated carbocycles. The highest BCUT2D eigenvalue weighted by Gasteiger charge is 2.36. The van der Waals surface area contributed by atoms with Crippen molar-refractivity contribution >= 4 is 35.1 Å². The maximum atomic E-state index is 11.6. The van der Waals surface area contributed by atoms with Crippen LogP contribution < -0.4 is 5.73 Å². The predicted octanol–water partition coefficient (Wildman–Crippen LogP) is 5.94. The van der Waals surface area contributed by atoms with Crippen LogP contribution in [0.5, 0.6) is 0 Å². The number of thioether (sulfide) groups is 1. The summed E-state index contributed by atoms with van der Waals surface area (Å²) < 4.78 is -0.447. The minimum absolute atomic E-state index is 0.307. The second-order valence-electron chi connectivity index (χ2n) is 6.63. The fourth-order valence-corrected chi connectivity index (χ4v) is 5.47. The Morgan fingerprint density at radius 2 is 1.30 bits per heavy atom. The van der Waals surface area contributed by atoms with Crippen molar-refractivity contribution in [2.75, 3.05) is 0 Å². The maximum Gasteiger partial charge on any atom is 0.268 e. The van der Waals surface area contributed by atoms with Gasteiger partial charge in [-0.15, -0.1) is 23.1 Å². The van der Waals surface area contributed by atoms with Gasteiger partial charge < -0.3 is 5.73 Å². The lowest BCUT2D eigenvalue weighted by Crippen LogP contribution is -2.24. The number of aromatic nitrogens is 1. The van der Waals surface area contributed by atoms with Crippen LogP contribution >= 0.6 is 23.1 Å². The molecule has 0 fully saturated rings. The summed E-state index contributed by atoms with van der Waals surface area (Å²) in [5.41, 5.74) is 10.9. The average Bonchev–Trinajstić information content (AvgIpc) is 3.28. The first kappa shape index (κ1) is 20.1. The Bertz CT molecular complexity index is 1040. The Balaban J connectivity index is 1.86. The molecular formula is C25H20N2OS2. The van der Waals surface area contributed by atoms with E-state index in [1.165, 1.54) is 28.0 Å². The van der Waals surface area contributed by atoms with Crippen molar-refractivity contribution in [3.05, 3.63) is 129 Å². The Morgan fingerprint density at radius 3 is 1.73 bits per heavy atom. The highest BCUT2D eigenvalue weighted by atomic mass is 32.2. The monoisotopic (exact) mass is 428 g/mol. The Labute approximate surface area is 184 Å². The Hall–Kier alpha value is -3.15. The first-order valence-electron chi connectivity index (χ1n) is 9.46. The van der Waals surface area contributed by atoms with E-state index in [4.69, 9.17) is 5.73 Å². The minimum atomic E-state index is -0.513. The number of nitrogens with zero attached hydrogens (tertiary/aromatic N) is 1. The number of carbonyl (C=O) groups is 1. The molecule has 1 amide bonds. The molecule has 0 aliphatic carbocycles. The number of hydrogen-bond donors (Lipinski definition) is 1. The molecule has 0 saturated heterocycles. The summed E-state index contributed by atoms with van der Waals surface area (Å²) in [7, 11) is 0. The van der Waals surface area contributed by atoms with Crippen LogP contribution in [0.15, 0.2) is 102 Å². The predicted molar refractivity (Wildman–Crippen MR) is 126 cm³/mol. The molecule has 1 aromatic heterocycles. The third-order valence-corrected chi connectivity index (χ3v) is 6.96. The van der Waals surface area contributed by atoms with E-state index in [1.54, 1.807) is 17.3 Å². The van der Waals surface area contributed by atoms with Crippen molar-refractivity contribution < 1.29 is 4.79 Å². The Kier molecular flexibility index (Phi) is 6.12. The van der Waals surface area contributed by atoms with E-state index in [9.17, 15) is 4.79 Å². The summed E-state index contributed by atoms with van der Waals surface area (Å²) in [6.45, 7) is 0. The first-order valence-corrected chi connectivity index (χ1v) is 11.2. The molecule has 0 aliphatic heterocycles. The summed E-state index contributed by atoms with van der Waals surface area (Å²) >= 11 is 3.10. The van der Waals surface area contributed by atoms with Crippen LogP contribution in [0.2, 0.25) is 0 Å². The molecule has 0 atom stereocenters. The van der Waals surface area contributed by atoms with E-state index < -0.39 is 10.7 Å². The number of primary amides is 1. The van der Waals surface area contributed by atoms with Crippen LogP contribution in [-0.4, -0.2) is 10.9 Å². The maximum absolute atomic E-state index is 11.6. The van der Waals surface area contributed by atoms with Gasteiger partial charge in [-0.2, -0.15) is 0 Å². The van der Waals surface area contributed by atoms with Gasteiger partial charge in [0, 0.05) is 0 Å². The van der Waals surface area contributed by atoms with Crippen LogP contribution in [0.4, 0.5) is 0 Å². The van der Waals surface area contributed by atoms with Crippen LogP contribution in [0.3, 0.4) is 0 Å². The number of amides is 1. The number of benzene rings is 3. The van der Waals surface area contributed by atoms with Crippen molar-refractivity contribution in [1.82, 2.24) is 4.98 Å². The largest absolute Gasteiger partial charge is 0.364 e. The summed E-state index contributed by atoms with van der Waals surface area (Å²) in [5, 5.41) is 2.03. The molecule has 2 N–H and O–H groups in total. The number of hydrogen-bond acceptors (Lipinski definition) is 4. The third kappa shape index (κ3) is 3.95. The van der Waals surface area contributed by atoms with E-state index in [1.807, 2.05) is 29.7 Å². The average molecular weight is 429 g/mol. The molecular weight excluding hydrogens is 408 g/mol. The summed E-state index contributed by atoms with van der Waals surface area (Å²) in [4.78, 5) is 16.5. The van der Waals surface area contributed by atoms with Crippen LogP contribution in [-0.2, 0) is 4.75 Å². The fourth-order valence-electron chi connectivity index (χ4n) is 3.48. The van der Waals surface area contributed by atoms with Gasteiger partial charge >= 0.3 is 0 Å². The molecule has 0 unspecified atom stereocenters. The van der Waals surface area contributed by atoms with Gasteiger partial charge in [0.15, 0.2) is 0 Å². The van der Waals surface area contributed by atoms with Gasteiger partial charge in [0.2, 0.25) is 0 Å². The van der Waals surface area contributed by atoms with Crippen LogP contribution in [0.25, 0.3) is 6.08 Å². The van der Waals surface area contributed by atoms with E-state index in [0.717, 1.165) is 4.88 Å². The molecule has 0 aliphatic rings. The molecule has 5 heteroatoms. The second-order valence-corrected chi connectivity index (χ2v) is 8.64. The molecule has 4 rings (SSSR count). The summed E-state index contributed by atoms with van der Waals surface area (Å²) in [5.74, 6) is -0.513. The van der Waals surface area contributed by atoms with E-state index in [-0.39, 0.29) is 0 Å². The number of nitrogens with two attached hydrogens (primary N) is 1. The molecule has 3 aromatic carbocycles. The number of carbonyl (C=O) groups excluding carboxylic acids is 1. The minimum Gasteiger partial charge on any atom is -0.364 e. The quantitative estimate of drug-likeness (QED) is 0.371. The van der Waals surface area contributed by atoms with E-state index >= 15 is 0 Å². The van der Waals surface area contributed by atoms with Gasteiger partial charge in [0.1, 0.15) is 5.69 Å². The van der Waals surface area contributed by atoms with Crippen molar-refractivity contribution in [2.24, 2.45) is 5.73 Å². The lowest BCUT2D eigenvalue weighted by molar-refractivity contribution is 0.0996. The zero-order chi connectivity index (χ0) is 20.8. The topological polar surface area (TPSA) is 56.0 Å². The normalized spacial score (nSPS) is 11.6. The van der Waals surface area contributed by atoms with Crippen molar-refractivity contribution in [3.8, 4) is 0 Å². The lowest BCUT2D eigenvalue weighted by Gasteiger charge is -2.34. The molecule has 1 heterocycles. The van der Waals surface area contributed by atoms with Gasteiger partial charge in [-0.3, -0.25) is 4.79 Å². The molecule has 0 radical (unpaired) electrons. The third-order valence-electron chi connectivity index (χ3n) is 4.83. The number of rotatable bonds is 7. The van der Waals surface area contributed by atoms with E-state index in [0.29, 0.717) is 5.69 Å². The van der Waals surface area contributed by atoms with Crippen molar-refractivity contribution in [2.45, 2.75) is 4.75 Å². The van der Waals surface area contributed by atoms with Gasteiger partial charge in [-0.1, -0.05) is 91.0 Å². The van der Waals surface area contributed by atoms with Crippen molar-refractivity contribution in [1.29, 1.82) is 0 Å². The SMILES string of the molecule is NC(=O)c1ncsc1C=CSC(c1ccccc1)(c1ccccc1)c1ccccc1. The smallest absolute Gasteiger partial charge is 0.268 e. The molecule has 0 spiro atoms. The lowest BCUT2D eigenvalue weighted by atomic mass is 9.84. The van der Waals surface area contributed by atoms with Gasteiger partial charge in [-0.25, -0.2) is 4.98 Å². The van der Waals surface area contributed by atoms with Gasteiger partial charge in [0.05, 0.1) is 15.1 Å². The van der Waals surface area contributed by atoms with Gasteiger partial charge in [0.25, 0.3) is 5.91 Å². The summed E-state index contributed by atoms with van der Waals surface area (Å²) in [6, 6.07) is 31.4. The number of thiazole rings is 1. The van der Waals surface area contributed by atoms with Crippen molar-refractivity contribution in [3.63, 3.8) is 0 Å². The zero-order valence-electron chi connectivity index (χ0n) is 16.1. The van der Waals surface area contributed by atoms with Crippen LogP contribution in [0.1, 0.15) is 32.1 Å². The molecule has 30 heavy (non-hydrogen) atoms. The van der Waals surface area contributed by atoms with Gasteiger partial charge in [-0.05, 0) is 28.2 Å². The second kappa shape index (κ2) is 9.11. The standard InChI is InChI=1S/C25H20N2OS2/c26-24(28)23-22(29-18-27-23)16-17-30-25(19-10-4-1-5-11-19,20-12-6-2-7-13-20)21-14-8-3-9-15-21/h1-18H,(H2,26,28). The zero-order valence-corrected chi connectivity index (χ0v) is 17.8. The fraction of sp³-hybridized carbons (Fsp3) is 0.0400. The molecule has 4 aromatic rings.